The molecule has 0 aliphatic rings. The minimum absolute atomic E-state index is 0. The number of carboxylic acid groups (broad SMARTS) is 2. The molecule has 6 heteroatoms. The van der Waals surface area contributed by atoms with E-state index in [0.717, 1.165) is 0 Å². The molecule has 4 nitrogen and oxygen atoms in total. The van der Waals surface area contributed by atoms with Crippen LogP contribution in [0.4, 0.5) is 0 Å². The van der Waals surface area contributed by atoms with Crippen LogP contribution in [-0.2, 0) is 15.0 Å². The smallest absolute Gasteiger partial charge is 1.00 e. The predicted molar refractivity (Wildman–Crippen MR) is 60.5 cm³/mol. The summed E-state index contributed by atoms with van der Waals surface area (Å²) in [6, 6.07) is 8.09. The van der Waals surface area contributed by atoms with Crippen molar-refractivity contribution >= 4 is 11.9 Å². The molecule has 1 rings (SSSR count). The number of carbonyl (C=O) groups is 2. The molecule has 1 aromatic carbocycles. The van der Waals surface area contributed by atoms with Gasteiger partial charge < -0.3 is 13.1 Å². The monoisotopic (exact) mass is 270 g/mol. The van der Waals surface area contributed by atoms with Crippen LogP contribution in [0.5, 0.6) is 0 Å². The molecule has 0 heterocycles. The summed E-state index contributed by atoms with van der Waals surface area (Å²) in [5.74, 6) is -2.62. The predicted octanol–water partition coefficient (Wildman–Crippen LogP) is -3.87. The van der Waals surface area contributed by atoms with Crippen molar-refractivity contribution in [3.63, 3.8) is 0 Å². The van der Waals surface area contributed by atoms with Crippen molar-refractivity contribution in [3.8, 4) is 0 Å². The molecule has 0 spiro atoms. The van der Waals surface area contributed by atoms with Gasteiger partial charge in [0.1, 0.15) is 0 Å². The molecule has 2 N–H and O–H groups in total. The first-order valence-electron chi connectivity index (χ1n) is 5.08. The van der Waals surface area contributed by atoms with E-state index in [9.17, 15) is 19.8 Å². The summed E-state index contributed by atoms with van der Waals surface area (Å²) in [6.45, 7) is 1.77. The van der Waals surface area contributed by atoms with E-state index in [1.54, 1.807) is 25.1 Å². The Labute approximate surface area is 164 Å². The Morgan fingerprint density at radius 2 is 1.61 bits per heavy atom. The Bertz CT molecular complexity index is 390. The van der Waals surface area contributed by atoms with Crippen molar-refractivity contribution in [2.75, 3.05) is 0 Å². The molecule has 0 fully saturated rings. The topological polar surface area (TPSA) is 74.6 Å². The molecule has 0 amide bonds. The molecule has 0 saturated heterocycles. The SMILES string of the molecule is CCCC(C(=O)O)(C(=O)O)c1ccccc1.[H-].[H-].[K+].[Li+]. The van der Waals surface area contributed by atoms with Gasteiger partial charge in [0.2, 0.25) is 0 Å². The van der Waals surface area contributed by atoms with Crippen molar-refractivity contribution in [2.24, 2.45) is 0 Å². The van der Waals surface area contributed by atoms with Gasteiger partial charge in [0, 0.05) is 0 Å². The van der Waals surface area contributed by atoms with E-state index in [1.165, 1.54) is 12.1 Å². The Hall–Kier alpha value is 0.394. The number of carboxylic acids is 2. The first-order valence-corrected chi connectivity index (χ1v) is 5.08. The van der Waals surface area contributed by atoms with Crippen molar-refractivity contribution in [1.82, 2.24) is 0 Å². The largest absolute Gasteiger partial charge is 1.00 e. The number of hydrogen-bond donors (Lipinski definition) is 2. The summed E-state index contributed by atoms with van der Waals surface area (Å²) >= 11 is 0. The van der Waals surface area contributed by atoms with Gasteiger partial charge in [-0.2, -0.15) is 0 Å². The van der Waals surface area contributed by atoms with E-state index in [-0.39, 0.29) is 79.5 Å². The first kappa shape index (κ1) is 20.7. The van der Waals surface area contributed by atoms with Gasteiger partial charge >= 0.3 is 82.2 Å². The van der Waals surface area contributed by atoms with Crippen LogP contribution in [0, 0.1) is 0 Å². The molecule has 0 atom stereocenters. The zero-order valence-corrected chi connectivity index (χ0v) is 14.1. The molecule has 0 unspecified atom stereocenters. The van der Waals surface area contributed by atoms with Gasteiger partial charge in [0.05, 0.1) is 0 Å². The maximum absolute atomic E-state index is 11.3. The summed E-state index contributed by atoms with van der Waals surface area (Å²) in [7, 11) is 0. The average Bonchev–Trinajstić information content (AvgIpc) is 2.26. The maximum atomic E-state index is 11.3. The number of hydrogen-bond acceptors (Lipinski definition) is 2. The second-order valence-corrected chi connectivity index (χ2v) is 3.63. The maximum Gasteiger partial charge on any atom is 1.00 e. The van der Waals surface area contributed by atoms with Crippen molar-refractivity contribution < 1.29 is 92.9 Å². The second kappa shape index (κ2) is 9.32. The van der Waals surface area contributed by atoms with Gasteiger partial charge in [-0.15, -0.1) is 0 Å². The summed E-state index contributed by atoms with van der Waals surface area (Å²) in [6.07, 6.45) is 0.579. The molecule has 0 radical (unpaired) electrons. The minimum Gasteiger partial charge on any atom is -1.00 e. The molecule has 0 aromatic heterocycles. The van der Waals surface area contributed by atoms with Gasteiger partial charge in [0.15, 0.2) is 5.41 Å². The van der Waals surface area contributed by atoms with Crippen LogP contribution >= 0.6 is 0 Å². The Kier molecular flexibility index (Phi) is 10.7. The van der Waals surface area contributed by atoms with Gasteiger partial charge in [-0.3, -0.25) is 9.59 Å². The van der Waals surface area contributed by atoms with Crippen LogP contribution in [0.15, 0.2) is 30.3 Å². The van der Waals surface area contributed by atoms with E-state index in [4.69, 9.17) is 0 Å². The molecular weight excluding hydrogens is 254 g/mol. The summed E-state index contributed by atoms with van der Waals surface area (Å²) < 4.78 is 0. The average molecular weight is 270 g/mol. The molecular formula is C12H16KLiO4. The van der Waals surface area contributed by atoms with Crippen LogP contribution in [0.25, 0.3) is 0 Å². The summed E-state index contributed by atoms with van der Waals surface area (Å²) in [4.78, 5) is 22.5. The molecule has 0 saturated carbocycles. The fraction of sp³-hybridized carbons (Fsp3) is 0.333. The van der Waals surface area contributed by atoms with E-state index >= 15 is 0 Å². The van der Waals surface area contributed by atoms with Crippen LogP contribution < -0.4 is 70.2 Å². The number of rotatable bonds is 5. The summed E-state index contributed by atoms with van der Waals surface area (Å²) in [5.41, 5.74) is -1.51. The van der Waals surface area contributed by atoms with Crippen LogP contribution in [0.3, 0.4) is 0 Å². The number of benzene rings is 1. The van der Waals surface area contributed by atoms with Crippen molar-refractivity contribution in [2.45, 2.75) is 25.2 Å². The molecule has 0 aliphatic heterocycles. The quantitative estimate of drug-likeness (QED) is 0.424. The molecule has 0 aliphatic carbocycles. The molecule has 90 valence electrons. The zero-order valence-electron chi connectivity index (χ0n) is 13.0. The fourth-order valence-corrected chi connectivity index (χ4v) is 1.79. The Balaban J connectivity index is -0.000000320. The van der Waals surface area contributed by atoms with Gasteiger partial charge in [-0.25, -0.2) is 0 Å². The second-order valence-electron chi connectivity index (χ2n) is 3.63. The normalized spacial score (nSPS) is 9.83. The van der Waals surface area contributed by atoms with Gasteiger partial charge in [-0.1, -0.05) is 43.7 Å². The first-order chi connectivity index (χ1) is 7.55. The summed E-state index contributed by atoms with van der Waals surface area (Å²) in [5, 5.41) is 18.4. The van der Waals surface area contributed by atoms with E-state index in [0.29, 0.717) is 12.0 Å². The van der Waals surface area contributed by atoms with Crippen LogP contribution in [0.2, 0.25) is 0 Å². The van der Waals surface area contributed by atoms with Gasteiger partial charge in [0.25, 0.3) is 0 Å². The van der Waals surface area contributed by atoms with Crippen molar-refractivity contribution in [1.29, 1.82) is 0 Å². The van der Waals surface area contributed by atoms with Crippen LogP contribution in [0.1, 0.15) is 28.2 Å². The van der Waals surface area contributed by atoms with E-state index in [1.807, 2.05) is 0 Å². The zero-order chi connectivity index (χ0) is 12.2. The third kappa shape index (κ3) is 4.21. The number of aliphatic carboxylic acids is 2. The van der Waals surface area contributed by atoms with E-state index < -0.39 is 17.4 Å². The third-order valence-electron chi connectivity index (χ3n) is 2.62. The minimum atomic E-state index is -1.82. The standard InChI is InChI=1S/C12H14O4.K.Li.2H/c1-2-8-12(10(13)14,11(15)16)9-6-4-3-5-7-9;;;;/h3-7H,2,8H2,1H3,(H,13,14)(H,15,16);;;;/q;2*+1;2*-1. The molecule has 0 bridgehead atoms. The van der Waals surface area contributed by atoms with E-state index in [2.05, 4.69) is 0 Å². The molecule has 1 aromatic rings. The fourth-order valence-electron chi connectivity index (χ4n) is 1.79. The Morgan fingerprint density at radius 3 is 1.94 bits per heavy atom. The third-order valence-corrected chi connectivity index (χ3v) is 2.62. The van der Waals surface area contributed by atoms with Crippen molar-refractivity contribution in [3.05, 3.63) is 35.9 Å². The molecule has 18 heavy (non-hydrogen) atoms. The van der Waals surface area contributed by atoms with Gasteiger partial charge in [-0.05, 0) is 12.0 Å². The Morgan fingerprint density at radius 1 is 1.17 bits per heavy atom. The van der Waals surface area contributed by atoms with Crippen LogP contribution in [-0.4, -0.2) is 22.2 Å².